The molecule has 1 fully saturated rings. The number of nitrogens with zero attached hydrogens (tertiary/aromatic N) is 5. The first-order chi connectivity index (χ1) is 14.1. The Labute approximate surface area is 178 Å². The molecule has 1 aliphatic heterocycles. The summed E-state index contributed by atoms with van der Waals surface area (Å²) in [6.45, 7) is 2.50. The summed E-state index contributed by atoms with van der Waals surface area (Å²) in [4.78, 5) is 20.6. The van der Waals surface area contributed by atoms with E-state index in [-0.39, 0.29) is 5.91 Å². The maximum absolute atomic E-state index is 12.7. The Balaban J connectivity index is 1.36. The molecule has 0 aliphatic carbocycles. The zero-order chi connectivity index (χ0) is 20.2. The lowest BCUT2D eigenvalue weighted by atomic mass is 10.2. The van der Waals surface area contributed by atoms with Gasteiger partial charge in [-0.1, -0.05) is 23.2 Å². The molecule has 148 valence electrons. The van der Waals surface area contributed by atoms with E-state index in [1.165, 1.54) is 0 Å². The molecule has 0 saturated carbocycles. The zero-order valence-corrected chi connectivity index (χ0v) is 16.9. The van der Waals surface area contributed by atoms with Gasteiger partial charge in [0, 0.05) is 49.3 Å². The van der Waals surface area contributed by atoms with Crippen LogP contribution in [0.3, 0.4) is 0 Å². The first-order valence-electron chi connectivity index (χ1n) is 9.10. The molecule has 1 aliphatic rings. The summed E-state index contributed by atoms with van der Waals surface area (Å²) < 4.78 is 0. The predicted molar refractivity (Wildman–Crippen MR) is 114 cm³/mol. The summed E-state index contributed by atoms with van der Waals surface area (Å²) in [5.74, 6) is 1.35. The van der Waals surface area contributed by atoms with Gasteiger partial charge in [0.05, 0.1) is 10.6 Å². The average Bonchev–Trinajstić information content (AvgIpc) is 2.75. The molecule has 1 N–H and O–H groups in total. The van der Waals surface area contributed by atoms with E-state index in [4.69, 9.17) is 23.2 Å². The minimum absolute atomic E-state index is 0.0886. The van der Waals surface area contributed by atoms with Gasteiger partial charge >= 0.3 is 0 Å². The molecule has 0 bridgehead atoms. The first kappa shape index (κ1) is 19.4. The van der Waals surface area contributed by atoms with Gasteiger partial charge in [-0.05, 0) is 42.5 Å². The molecule has 0 radical (unpaired) electrons. The van der Waals surface area contributed by atoms with Crippen LogP contribution < -0.4 is 10.2 Å². The molecule has 9 heteroatoms. The number of aromatic nitrogens is 3. The van der Waals surface area contributed by atoms with Crippen LogP contribution in [0.25, 0.3) is 0 Å². The fraction of sp³-hybridized carbons (Fsp3) is 0.200. The van der Waals surface area contributed by atoms with Crippen LogP contribution in [0.2, 0.25) is 10.0 Å². The number of piperazine rings is 1. The number of rotatable bonds is 4. The minimum atomic E-state index is -0.0886. The van der Waals surface area contributed by atoms with Gasteiger partial charge in [0.25, 0.3) is 5.91 Å². The second kappa shape index (κ2) is 8.63. The van der Waals surface area contributed by atoms with Crippen LogP contribution in [-0.4, -0.2) is 52.2 Å². The van der Waals surface area contributed by atoms with Crippen LogP contribution in [0.15, 0.2) is 54.9 Å². The van der Waals surface area contributed by atoms with E-state index in [1.54, 1.807) is 35.5 Å². The van der Waals surface area contributed by atoms with Gasteiger partial charge in [0.1, 0.15) is 0 Å². The van der Waals surface area contributed by atoms with Crippen LogP contribution >= 0.6 is 23.2 Å². The number of halogens is 2. The second-order valence-electron chi connectivity index (χ2n) is 6.54. The van der Waals surface area contributed by atoms with Crippen molar-refractivity contribution in [2.75, 3.05) is 36.4 Å². The predicted octanol–water partition coefficient (Wildman–Crippen LogP) is 3.88. The monoisotopic (exact) mass is 428 g/mol. The van der Waals surface area contributed by atoms with E-state index in [2.05, 4.69) is 25.4 Å². The van der Waals surface area contributed by atoms with E-state index in [0.29, 0.717) is 47.6 Å². The van der Waals surface area contributed by atoms with Gasteiger partial charge in [-0.2, -0.15) is 0 Å². The number of hydrogen-bond donors (Lipinski definition) is 1. The molecule has 0 unspecified atom stereocenters. The third kappa shape index (κ3) is 4.58. The summed E-state index contributed by atoms with van der Waals surface area (Å²) in [6.07, 6.45) is 3.42. The smallest absolute Gasteiger partial charge is 0.255 e. The third-order valence-electron chi connectivity index (χ3n) is 4.66. The highest BCUT2D eigenvalue weighted by atomic mass is 35.5. The van der Waals surface area contributed by atoms with Gasteiger partial charge in [0.15, 0.2) is 11.6 Å². The van der Waals surface area contributed by atoms with E-state index in [9.17, 15) is 4.79 Å². The number of benzene rings is 1. The van der Waals surface area contributed by atoms with Crippen LogP contribution in [0.5, 0.6) is 0 Å². The molecule has 3 aromatic rings. The quantitative estimate of drug-likeness (QED) is 0.679. The van der Waals surface area contributed by atoms with Crippen molar-refractivity contribution < 1.29 is 4.79 Å². The van der Waals surface area contributed by atoms with Crippen molar-refractivity contribution in [3.8, 4) is 0 Å². The molecular weight excluding hydrogens is 411 g/mol. The standard InChI is InChI=1S/C20H18Cl2N6O/c21-14-1-2-16(17(22)13-14)20(29)28-11-9-27(10-12-28)19-4-3-18(25-26-19)24-15-5-7-23-8-6-15/h1-8,13H,9-12H2,(H,23,24,25). The van der Waals surface area contributed by atoms with Gasteiger partial charge in [-0.15, -0.1) is 10.2 Å². The Hall–Kier alpha value is -2.90. The summed E-state index contributed by atoms with van der Waals surface area (Å²) in [5, 5.41) is 12.6. The Morgan fingerprint density at radius 2 is 1.69 bits per heavy atom. The fourth-order valence-corrected chi connectivity index (χ4v) is 3.60. The van der Waals surface area contributed by atoms with Crippen molar-refractivity contribution >= 4 is 46.4 Å². The number of carbonyl (C=O) groups excluding carboxylic acids is 1. The highest BCUT2D eigenvalue weighted by Crippen LogP contribution is 2.23. The lowest BCUT2D eigenvalue weighted by Crippen LogP contribution is -2.49. The molecule has 1 amide bonds. The van der Waals surface area contributed by atoms with Crippen molar-refractivity contribution in [1.29, 1.82) is 0 Å². The maximum Gasteiger partial charge on any atom is 0.255 e. The van der Waals surface area contributed by atoms with Crippen molar-refractivity contribution in [2.24, 2.45) is 0 Å². The molecule has 1 aromatic carbocycles. The molecule has 3 heterocycles. The molecule has 7 nitrogen and oxygen atoms in total. The van der Waals surface area contributed by atoms with E-state index >= 15 is 0 Å². The van der Waals surface area contributed by atoms with Gasteiger partial charge in [-0.25, -0.2) is 0 Å². The van der Waals surface area contributed by atoms with Gasteiger partial charge in [-0.3, -0.25) is 9.78 Å². The minimum Gasteiger partial charge on any atom is -0.352 e. The Kier molecular flexibility index (Phi) is 5.78. The van der Waals surface area contributed by atoms with E-state index < -0.39 is 0 Å². The molecular formula is C20H18Cl2N6O. The largest absolute Gasteiger partial charge is 0.352 e. The Bertz CT molecular complexity index is 992. The van der Waals surface area contributed by atoms with E-state index in [0.717, 1.165) is 11.5 Å². The number of hydrogen-bond acceptors (Lipinski definition) is 6. The van der Waals surface area contributed by atoms with Crippen LogP contribution in [0.4, 0.5) is 17.3 Å². The normalized spacial score (nSPS) is 14.0. The molecule has 0 atom stereocenters. The zero-order valence-electron chi connectivity index (χ0n) is 15.4. The van der Waals surface area contributed by atoms with Crippen LogP contribution in [0, 0.1) is 0 Å². The first-order valence-corrected chi connectivity index (χ1v) is 9.86. The molecule has 1 saturated heterocycles. The number of anilines is 3. The Morgan fingerprint density at radius 1 is 0.931 bits per heavy atom. The van der Waals surface area contributed by atoms with Crippen LogP contribution in [0.1, 0.15) is 10.4 Å². The van der Waals surface area contributed by atoms with Gasteiger partial charge in [0.2, 0.25) is 0 Å². The number of carbonyl (C=O) groups is 1. The molecule has 4 rings (SSSR count). The maximum atomic E-state index is 12.7. The second-order valence-corrected chi connectivity index (χ2v) is 7.38. The summed E-state index contributed by atoms with van der Waals surface area (Å²) in [7, 11) is 0. The molecule has 2 aromatic heterocycles. The van der Waals surface area contributed by atoms with Crippen LogP contribution in [-0.2, 0) is 0 Å². The summed E-state index contributed by atoms with van der Waals surface area (Å²) in [5.41, 5.74) is 1.37. The lowest BCUT2D eigenvalue weighted by molar-refractivity contribution is 0.0746. The van der Waals surface area contributed by atoms with Crippen molar-refractivity contribution in [2.45, 2.75) is 0 Å². The summed E-state index contributed by atoms with van der Waals surface area (Å²) >= 11 is 12.1. The van der Waals surface area contributed by atoms with Crippen molar-refractivity contribution in [3.63, 3.8) is 0 Å². The third-order valence-corrected chi connectivity index (χ3v) is 5.20. The molecule has 29 heavy (non-hydrogen) atoms. The fourth-order valence-electron chi connectivity index (χ4n) is 3.12. The number of nitrogens with one attached hydrogen (secondary N) is 1. The summed E-state index contributed by atoms with van der Waals surface area (Å²) in [6, 6.07) is 12.5. The number of pyridine rings is 1. The SMILES string of the molecule is O=C(c1ccc(Cl)cc1Cl)N1CCN(c2ccc(Nc3ccncc3)nn2)CC1. The molecule has 0 spiro atoms. The highest BCUT2D eigenvalue weighted by Gasteiger charge is 2.24. The van der Waals surface area contributed by atoms with Crippen molar-refractivity contribution in [1.82, 2.24) is 20.1 Å². The Morgan fingerprint density at radius 3 is 2.34 bits per heavy atom. The van der Waals surface area contributed by atoms with E-state index in [1.807, 2.05) is 24.3 Å². The van der Waals surface area contributed by atoms with Gasteiger partial charge < -0.3 is 15.1 Å². The average molecular weight is 429 g/mol. The lowest BCUT2D eigenvalue weighted by Gasteiger charge is -2.35. The van der Waals surface area contributed by atoms with Crippen molar-refractivity contribution in [3.05, 3.63) is 70.5 Å². The topological polar surface area (TPSA) is 74.2 Å². The number of amides is 1. The highest BCUT2D eigenvalue weighted by molar-refractivity contribution is 6.36.